The number of esters is 2. The normalized spacial score (nSPS) is 13.3. The van der Waals surface area contributed by atoms with Crippen LogP contribution in [0.4, 0.5) is 13.2 Å². The van der Waals surface area contributed by atoms with Gasteiger partial charge in [-0.2, -0.15) is 23.7 Å². The third-order valence-electron chi connectivity index (χ3n) is 6.06. The van der Waals surface area contributed by atoms with E-state index in [0.717, 1.165) is 19.2 Å². The van der Waals surface area contributed by atoms with Crippen molar-refractivity contribution in [2.24, 2.45) is 5.41 Å². The average molecular weight is 521 g/mol. The fraction of sp³-hybridized carbons (Fsp3) is 0.250. The van der Waals surface area contributed by atoms with Crippen molar-refractivity contribution >= 4 is 11.9 Å². The minimum atomic E-state index is -4.55. The molecule has 10 heteroatoms. The highest BCUT2D eigenvalue weighted by Gasteiger charge is 2.57. The first kappa shape index (κ1) is 27.9. The number of aromatic nitrogens is 1. The minimum absolute atomic E-state index is 0.0372. The number of benzene rings is 2. The number of nitriles is 2. The molecule has 3 rings (SSSR count). The van der Waals surface area contributed by atoms with Crippen LogP contribution in [0.2, 0.25) is 0 Å². The molecule has 0 saturated carbocycles. The number of hydrogen-bond donors (Lipinski definition) is 0. The lowest BCUT2D eigenvalue weighted by Gasteiger charge is -2.35. The zero-order chi connectivity index (χ0) is 27.9. The Morgan fingerprint density at radius 1 is 1.00 bits per heavy atom. The first-order chi connectivity index (χ1) is 18.1. The zero-order valence-electron chi connectivity index (χ0n) is 20.5. The predicted molar refractivity (Wildman–Crippen MR) is 129 cm³/mol. The van der Waals surface area contributed by atoms with Gasteiger partial charge in [-0.25, -0.2) is 0 Å². The molecule has 1 aromatic heterocycles. The standard InChI is InChI=1S/C28H22F3N3O4/c1-3-38-26(36)27(14-15-32,25(35)37-2)23(19-7-5-4-6-8-19)24-22(17-33)21(13-16-34-24)18-9-11-20(12-10-18)28(29,30)31/h4-13,16,23H,3,14H2,1-2H3. The van der Waals surface area contributed by atoms with Crippen LogP contribution in [0.5, 0.6) is 0 Å². The van der Waals surface area contributed by atoms with E-state index in [0.29, 0.717) is 5.56 Å². The summed E-state index contributed by atoms with van der Waals surface area (Å²) in [5, 5.41) is 19.9. The molecule has 194 valence electrons. The van der Waals surface area contributed by atoms with Crippen LogP contribution in [0.15, 0.2) is 66.9 Å². The number of methoxy groups -OCH3 is 1. The Morgan fingerprint density at radius 2 is 1.66 bits per heavy atom. The van der Waals surface area contributed by atoms with Gasteiger partial charge in [-0.05, 0) is 36.2 Å². The summed E-state index contributed by atoms with van der Waals surface area (Å²) in [5.41, 5.74) is -2.34. The number of carbonyl (C=O) groups is 2. The van der Waals surface area contributed by atoms with E-state index in [4.69, 9.17) is 9.47 Å². The van der Waals surface area contributed by atoms with E-state index in [-0.39, 0.29) is 29.0 Å². The van der Waals surface area contributed by atoms with E-state index in [1.165, 1.54) is 31.3 Å². The van der Waals surface area contributed by atoms with Crippen LogP contribution >= 0.6 is 0 Å². The van der Waals surface area contributed by atoms with Crippen molar-refractivity contribution in [2.75, 3.05) is 13.7 Å². The second kappa shape index (κ2) is 11.6. The van der Waals surface area contributed by atoms with Gasteiger partial charge in [0, 0.05) is 11.8 Å². The summed E-state index contributed by atoms with van der Waals surface area (Å²) >= 11 is 0. The van der Waals surface area contributed by atoms with Crippen molar-refractivity contribution in [1.29, 1.82) is 10.5 Å². The number of ether oxygens (including phenoxy) is 2. The molecule has 1 heterocycles. The molecular formula is C28H22F3N3O4. The Bertz CT molecular complexity index is 1390. The summed E-state index contributed by atoms with van der Waals surface area (Å²) in [4.78, 5) is 31.1. The smallest absolute Gasteiger partial charge is 0.416 e. The van der Waals surface area contributed by atoms with Gasteiger partial charge in [-0.3, -0.25) is 14.6 Å². The molecule has 2 atom stereocenters. The molecule has 0 aliphatic heterocycles. The fourth-order valence-electron chi connectivity index (χ4n) is 4.35. The second-order valence-corrected chi connectivity index (χ2v) is 8.17. The van der Waals surface area contributed by atoms with Gasteiger partial charge < -0.3 is 9.47 Å². The maximum absolute atomic E-state index is 13.4. The largest absolute Gasteiger partial charge is 0.468 e. The summed E-state index contributed by atoms with van der Waals surface area (Å²) in [6, 6.07) is 17.8. The average Bonchev–Trinajstić information content (AvgIpc) is 2.92. The third-order valence-corrected chi connectivity index (χ3v) is 6.06. The van der Waals surface area contributed by atoms with Gasteiger partial charge in [0.2, 0.25) is 0 Å². The molecular weight excluding hydrogens is 499 g/mol. The van der Waals surface area contributed by atoms with E-state index in [1.54, 1.807) is 30.3 Å². The van der Waals surface area contributed by atoms with E-state index in [2.05, 4.69) is 4.98 Å². The minimum Gasteiger partial charge on any atom is -0.468 e. The molecule has 0 aliphatic rings. The van der Waals surface area contributed by atoms with Crippen LogP contribution in [0.3, 0.4) is 0 Å². The highest BCUT2D eigenvalue weighted by atomic mass is 19.4. The maximum Gasteiger partial charge on any atom is 0.416 e. The number of carbonyl (C=O) groups excluding carboxylic acids is 2. The number of nitrogens with zero attached hydrogens (tertiary/aromatic N) is 3. The van der Waals surface area contributed by atoms with Gasteiger partial charge in [0.05, 0.1) is 48.9 Å². The van der Waals surface area contributed by atoms with Crippen LogP contribution in [0.1, 0.15) is 41.6 Å². The Balaban J connectivity index is 2.38. The molecule has 2 aromatic carbocycles. The van der Waals surface area contributed by atoms with Gasteiger partial charge in [0.1, 0.15) is 6.07 Å². The highest BCUT2D eigenvalue weighted by Crippen LogP contribution is 2.47. The van der Waals surface area contributed by atoms with Crippen LogP contribution in [-0.4, -0.2) is 30.6 Å². The molecule has 0 amide bonds. The number of alkyl halides is 3. The maximum atomic E-state index is 13.4. The van der Waals surface area contributed by atoms with Gasteiger partial charge in [-0.1, -0.05) is 42.5 Å². The topological polar surface area (TPSA) is 113 Å². The molecule has 0 N–H and O–H groups in total. The zero-order valence-corrected chi connectivity index (χ0v) is 20.5. The number of halogens is 3. The Hall–Kier alpha value is -4.70. The summed E-state index contributed by atoms with van der Waals surface area (Å²) in [5.74, 6) is -3.40. The summed E-state index contributed by atoms with van der Waals surface area (Å²) < 4.78 is 49.5. The predicted octanol–water partition coefficient (Wildman–Crippen LogP) is 5.41. The van der Waals surface area contributed by atoms with Crippen molar-refractivity contribution in [2.45, 2.75) is 25.4 Å². The van der Waals surface area contributed by atoms with Crippen molar-refractivity contribution in [3.63, 3.8) is 0 Å². The van der Waals surface area contributed by atoms with E-state index in [9.17, 15) is 33.3 Å². The Kier molecular flexibility index (Phi) is 8.49. The quantitative estimate of drug-likeness (QED) is 0.288. The fourth-order valence-corrected chi connectivity index (χ4v) is 4.35. The van der Waals surface area contributed by atoms with Crippen molar-refractivity contribution in [1.82, 2.24) is 4.98 Å². The lowest BCUT2D eigenvalue weighted by atomic mass is 9.67. The first-order valence-electron chi connectivity index (χ1n) is 11.4. The summed E-state index contributed by atoms with van der Waals surface area (Å²) in [6.07, 6.45) is -3.89. The van der Waals surface area contributed by atoms with E-state index < -0.39 is 41.4 Å². The molecule has 2 unspecified atom stereocenters. The second-order valence-electron chi connectivity index (χ2n) is 8.17. The van der Waals surface area contributed by atoms with Gasteiger partial charge in [0.15, 0.2) is 5.41 Å². The molecule has 0 spiro atoms. The van der Waals surface area contributed by atoms with Crippen LogP contribution < -0.4 is 0 Å². The Morgan fingerprint density at radius 3 is 2.18 bits per heavy atom. The summed E-state index contributed by atoms with van der Waals surface area (Å²) in [7, 11) is 1.06. The highest BCUT2D eigenvalue weighted by molar-refractivity contribution is 6.02. The molecule has 0 saturated heterocycles. The SMILES string of the molecule is CCOC(=O)C(CC#N)(C(=O)OC)C(c1ccccc1)c1nccc(-c2ccc(C(F)(F)F)cc2)c1C#N. The van der Waals surface area contributed by atoms with Crippen LogP contribution in [0, 0.1) is 28.1 Å². The van der Waals surface area contributed by atoms with E-state index in [1.807, 2.05) is 12.1 Å². The summed E-state index contributed by atoms with van der Waals surface area (Å²) in [6.45, 7) is 1.43. The number of rotatable bonds is 8. The molecule has 0 radical (unpaired) electrons. The van der Waals surface area contributed by atoms with Crippen molar-refractivity contribution < 1.29 is 32.2 Å². The molecule has 0 aliphatic carbocycles. The lowest BCUT2D eigenvalue weighted by molar-refractivity contribution is -0.171. The molecule has 0 bridgehead atoms. The molecule has 3 aromatic rings. The van der Waals surface area contributed by atoms with E-state index >= 15 is 0 Å². The van der Waals surface area contributed by atoms with Crippen LogP contribution in [-0.2, 0) is 25.2 Å². The Labute approximate surface area is 217 Å². The monoisotopic (exact) mass is 521 g/mol. The van der Waals surface area contributed by atoms with Gasteiger partial charge in [-0.15, -0.1) is 0 Å². The van der Waals surface area contributed by atoms with Crippen molar-refractivity contribution in [3.05, 3.63) is 89.2 Å². The van der Waals surface area contributed by atoms with Gasteiger partial charge in [0.25, 0.3) is 0 Å². The first-order valence-corrected chi connectivity index (χ1v) is 11.4. The third kappa shape index (κ3) is 5.21. The molecule has 0 fully saturated rings. The van der Waals surface area contributed by atoms with Crippen LogP contribution in [0.25, 0.3) is 11.1 Å². The molecule has 7 nitrogen and oxygen atoms in total. The molecule has 38 heavy (non-hydrogen) atoms. The van der Waals surface area contributed by atoms with Crippen molar-refractivity contribution in [3.8, 4) is 23.3 Å². The lowest BCUT2D eigenvalue weighted by Crippen LogP contribution is -2.47. The number of pyridine rings is 1. The van der Waals surface area contributed by atoms with Gasteiger partial charge >= 0.3 is 18.1 Å². The number of hydrogen-bond acceptors (Lipinski definition) is 7.